The Labute approximate surface area is 100 Å². The minimum absolute atomic E-state index is 0.0732. The molecule has 0 aliphatic rings. The zero-order valence-corrected chi connectivity index (χ0v) is 11.3. The van der Waals surface area contributed by atoms with Crippen LogP contribution < -0.4 is 0 Å². The average Bonchev–Trinajstić information content (AvgIpc) is 2.15. The van der Waals surface area contributed by atoms with Crippen LogP contribution in [0.15, 0.2) is 22.7 Å². The summed E-state index contributed by atoms with van der Waals surface area (Å²) < 4.78 is 0.903. The molecular formula is C13H17BrO. The van der Waals surface area contributed by atoms with E-state index in [1.54, 1.807) is 0 Å². The van der Waals surface area contributed by atoms with Crippen LogP contribution in [-0.2, 0) is 0 Å². The molecule has 1 atom stereocenters. The van der Waals surface area contributed by atoms with E-state index in [-0.39, 0.29) is 11.7 Å². The molecule has 0 aliphatic heterocycles. The van der Waals surface area contributed by atoms with E-state index >= 15 is 0 Å². The molecule has 2 heteroatoms. The second-order valence-electron chi connectivity index (χ2n) is 4.38. The maximum absolute atomic E-state index is 12.1. The topological polar surface area (TPSA) is 17.1 Å². The fourth-order valence-electron chi connectivity index (χ4n) is 1.37. The molecule has 1 nitrogen and oxygen atoms in total. The van der Waals surface area contributed by atoms with Crippen LogP contribution in [0.3, 0.4) is 0 Å². The highest BCUT2D eigenvalue weighted by Crippen LogP contribution is 2.24. The molecule has 0 spiro atoms. The van der Waals surface area contributed by atoms with Gasteiger partial charge in [-0.3, -0.25) is 4.79 Å². The number of hydrogen-bond acceptors (Lipinski definition) is 1. The molecule has 1 aromatic rings. The summed E-state index contributed by atoms with van der Waals surface area (Å²) in [6.07, 6.45) is 0. The van der Waals surface area contributed by atoms with Gasteiger partial charge in [-0.2, -0.15) is 0 Å². The lowest BCUT2D eigenvalue weighted by molar-refractivity contribution is 0.0899. The summed E-state index contributed by atoms with van der Waals surface area (Å²) in [6.45, 7) is 8.15. The van der Waals surface area contributed by atoms with Crippen molar-refractivity contribution in [2.75, 3.05) is 0 Å². The first-order valence-electron chi connectivity index (χ1n) is 5.24. The number of rotatable bonds is 3. The molecule has 0 saturated carbocycles. The molecule has 0 radical (unpaired) electrons. The third kappa shape index (κ3) is 2.91. The van der Waals surface area contributed by atoms with Crippen LogP contribution in [0.4, 0.5) is 0 Å². The lowest BCUT2D eigenvalue weighted by Gasteiger charge is -2.15. The molecule has 82 valence electrons. The fourth-order valence-corrected chi connectivity index (χ4v) is 2.06. The van der Waals surface area contributed by atoms with E-state index in [0.29, 0.717) is 5.92 Å². The minimum atomic E-state index is 0.0732. The molecular weight excluding hydrogens is 252 g/mol. The molecule has 0 bridgehead atoms. The maximum atomic E-state index is 12.1. The van der Waals surface area contributed by atoms with E-state index in [0.717, 1.165) is 15.6 Å². The minimum Gasteiger partial charge on any atom is -0.294 e. The molecule has 0 aliphatic carbocycles. The second kappa shape index (κ2) is 4.93. The van der Waals surface area contributed by atoms with Crippen molar-refractivity contribution in [2.45, 2.75) is 27.7 Å². The van der Waals surface area contributed by atoms with Gasteiger partial charge in [-0.15, -0.1) is 0 Å². The Kier molecular flexibility index (Phi) is 4.09. The average molecular weight is 269 g/mol. The van der Waals surface area contributed by atoms with Crippen LogP contribution in [0, 0.1) is 18.8 Å². The summed E-state index contributed by atoms with van der Waals surface area (Å²) in [5.41, 5.74) is 1.96. The molecule has 0 fully saturated rings. The molecule has 15 heavy (non-hydrogen) atoms. The molecule has 0 N–H and O–H groups in total. The Bertz CT molecular complexity index is 369. The van der Waals surface area contributed by atoms with Crippen molar-refractivity contribution in [1.82, 2.24) is 0 Å². The zero-order valence-electron chi connectivity index (χ0n) is 9.67. The van der Waals surface area contributed by atoms with Crippen molar-refractivity contribution in [3.63, 3.8) is 0 Å². The standard InChI is InChI=1S/C13H17BrO/c1-8(2)10(4)13(15)11-6-5-9(3)7-12(11)14/h5-8,10H,1-4H3. The summed E-state index contributed by atoms with van der Waals surface area (Å²) in [5, 5.41) is 0. The lowest BCUT2D eigenvalue weighted by Crippen LogP contribution is -2.17. The summed E-state index contributed by atoms with van der Waals surface area (Å²) in [7, 11) is 0. The van der Waals surface area contributed by atoms with E-state index in [9.17, 15) is 4.79 Å². The van der Waals surface area contributed by atoms with E-state index < -0.39 is 0 Å². The number of carbonyl (C=O) groups is 1. The van der Waals surface area contributed by atoms with Crippen LogP contribution in [0.25, 0.3) is 0 Å². The molecule has 0 saturated heterocycles. The van der Waals surface area contributed by atoms with Crippen LogP contribution in [-0.4, -0.2) is 5.78 Å². The lowest BCUT2D eigenvalue weighted by atomic mass is 9.89. The predicted molar refractivity (Wildman–Crippen MR) is 67.2 cm³/mol. The molecule has 1 rings (SSSR count). The quantitative estimate of drug-likeness (QED) is 0.750. The first-order valence-corrected chi connectivity index (χ1v) is 6.03. The monoisotopic (exact) mass is 268 g/mol. The third-order valence-electron chi connectivity index (χ3n) is 2.80. The molecule has 0 heterocycles. The summed E-state index contributed by atoms with van der Waals surface area (Å²) >= 11 is 3.44. The van der Waals surface area contributed by atoms with Crippen LogP contribution in [0.2, 0.25) is 0 Å². The molecule has 0 aromatic heterocycles. The van der Waals surface area contributed by atoms with E-state index in [2.05, 4.69) is 29.8 Å². The van der Waals surface area contributed by atoms with Crippen molar-refractivity contribution in [3.05, 3.63) is 33.8 Å². The zero-order chi connectivity index (χ0) is 11.6. The molecule has 1 unspecified atom stereocenters. The Morgan fingerprint density at radius 3 is 2.33 bits per heavy atom. The van der Waals surface area contributed by atoms with Crippen LogP contribution in [0.5, 0.6) is 0 Å². The van der Waals surface area contributed by atoms with Gasteiger partial charge in [0.05, 0.1) is 0 Å². The number of benzene rings is 1. The van der Waals surface area contributed by atoms with Crippen LogP contribution in [0.1, 0.15) is 36.7 Å². The third-order valence-corrected chi connectivity index (χ3v) is 3.46. The summed E-state index contributed by atoms with van der Waals surface area (Å²) in [6, 6.07) is 5.87. The normalized spacial score (nSPS) is 12.9. The highest BCUT2D eigenvalue weighted by molar-refractivity contribution is 9.10. The SMILES string of the molecule is Cc1ccc(C(=O)C(C)C(C)C)c(Br)c1. The Morgan fingerprint density at radius 1 is 1.27 bits per heavy atom. The van der Waals surface area contributed by atoms with Gasteiger partial charge in [-0.1, -0.05) is 42.8 Å². The predicted octanol–water partition coefficient (Wildman–Crippen LogP) is 4.23. The van der Waals surface area contributed by atoms with Gasteiger partial charge in [-0.25, -0.2) is 0 Å². The Hall–Kier alpha value is -0.630. The van der Waals surface area contributed by atoms with E-state index in [1.807, 2.05) is 32.0 Å². The number of hydrogen-bond donors (Lipinski definition) is 0. The Balaban J connectivity index is 3.01. The largest absolute Gasteiger partial charge is 0.294 e. The number of Topliss-reactive ketones (excluding diaryl/α,β-unsaturated/α-hetero) is 1. The maximum Gasteiger partial charge on any atom is 0.167 e. The van der Waals surface area contributed by atoms with Gasteiger partial charge < -0.3 is 0 Å². The Morgan fingerprint density at radius 2 is 1.87 bits per heavy atom. The molecule has 1 aromatic carbocycles. The van der Waals surface area contributed by atoms with Crippen molar-refractivity contribution >= 4 is 21.7 Å². The van der Waals surface area contributed by atoms with Crippen molar-refractivity contribution in [3.8, 4) is 0 Å². The van der Waals surface area contributed by atoms with Gasteiger partial charge in [0.2, 0.25) is 0 Å². The van der Waals surface area contributed by atoms with Gasteiger partial charge >= 0.3 is 0 Å². The van der Waals surface area contributed by atoms with Gasteiger partial charge in [0.25, 0.3) is 0 Å². The van der Waals surface area contributed by atoms with Gasteiger partial charge in [0, 0.05) is 16.0 Å². The first-order chi connectivity index (χ1) is 6.93. The highest BCUT2D eigenvalue weighted by atomic mass is 79.9. The summed E-state index contributed by atoms with van der Waals surface area (Å²) in [5.74, 6) is 0.673. The summed E-state index contributed by atoms with van der Waals surface area (Å²) in [4.78, 5) is 12.1. The smallest absolute Gasteiger partial charge is 0.167 e. The fraction of sp³-hybridized carbons (Fsp3) is 0.462. The van der Waals surface area contributed by atoms with E-state index in [4.69, 9.17) is 0 Å². The van der Waals surface area contributed by atoms with Gasteiger partial charge in [-0.05, 0) is 30.5 Å². The first kappa shape index (κ1) is 12.4. The number of ketones is 1. The van der Waals surface area contributed by atoms with Gasteiger partial charge in [0.1, 0.15) is 0 Å². The van der Waals surface area contributed by atoms with Crippen molar-refractivity contribution < 1.29 is 4.79 Å². The number of aryl methyl sites for hydroxylation is 1. The van der Waals surface area contributed by atoms with E-state index in [1.165, 1.54) is 0 Å². The van der Waals surface area contributed by atoms with Crippen LogP contribution >= 0.6 is 15.9 Å². The number of carbonyl (C=O) groups excluding carboxylic acids is 1. The molecule has 0 amide bonds. The highest BCUT2D eigenvalue weighted by Gasteiger charge is 2.20. The van der Waals surface area contributed by atoms with Crippen molar-refractivity contribution in [1.29, 1.82) is 0 Å². The van der Waals surface area contributed by atoms with Crippen molar-refractivity contribution in [2.24, 2.45) is 11.8 Å². The number of halogens is 1. The van der Waals surface area contributed by atoms with Gasteiger partial charge in [0.15, 0.2) is 5.78 Å². The second-order valence-corrected chi connectivity index (χ2v) is 5.23.